The van der Waals surface area contributed by atoms with Crippen LogP contribution in [0.25, 0.3) is 22.3 Å². The third-order valence-corrected chi connectivity index (χ3v) is 6.11. The largest absolute Gasteiger partial charge is 0.309 e. The Morgan fingerprint density at radius 3 is 2.26 bits per heavy atom. The van der Waals surface area contributed by atoms with E-state index in [0.717, 1.165) is 33.4 Å². The number of hydrogen-bond acceptors (Lipinski definition) is 4. The molecule has 0 saturated carbocycles. The van der Waals surface area contributed by atoms with Crippen molar-refractivity contribution < 1.29 is 9.59 Å². The zero-order chi connectivity index (χ0) is 24.4. The van der Waals surface area contributed by atoms with Gasteiger partial charge < -0.3 is 10.6 Å². The van der Waals surface area contributed by atoms with Crippen LogP contribution in [-0.4, -0.2) is 29.8 Å². The summed E-state index contributed by atoms with van der Waals surface area (Å²) >= 11 is 0. The number of rotatable bonds is 4. The van der Waals surface area contributed by atoms with E-state index in [2.05, 4.69) is 27.5 Å². The van der Waals surface area contributed by atoms with Gasteiger partial charge in [-0.15, -0.1) is 0 Å². The fraction of sp³-hybridized carbons (Fsp3) is 0.100. The molecule has 1 atom stereocenters. The van der Waals surface area contributed by atoms with Crippen LogP contribution in [0.5, 0.6) is 0 Å². The first-order valence-corrected chi connectivity index (χ1v) is 11.4. The molecule has 0 saturated heterocycles. The van der Waals surface area contributed by atoms with E-state index >= 15 is 0 Å². The number of nitrogens with one attached hydrogen (secondary N) is 2. The summed E-state index contributed by atoms with van der Waals surface area (Å²) in [4.78, 5) is 30.1. The van der Waals surface area contributed by atoms with Gasteiger partial charge in [0.05, 0.1) is 6.04 Å². The molecule has 0 aliphatic heterocycles. The minimum atomic E-state index is -0.361. The molecule has 170 valence electrons. The Labute approximate surface area is 204 Å². The number of hydrogen-bond donors (Lipinski definition) is 2. The number of aromatic nitrogens is 1. The maximum atomic E-state index is 13.0. The maximum absolute atomic E-state index is 13.0. The third kappa shape index (κ3) is 4.35. The van der Waals surface area contributed by atoms with Gasteiger partial charge in [-0.1, -0.05) is 60.5 Å². The number of likely N-dealkylation sites (N-methyl/N-ethyl adjacent to an activating group) is 1. The number of pyridine rings is 1. The first kappa shape index (κ1) is 22.3. The monoisotopic (exact) mass is 457 g/mol. The van der Waals surface area contributed by atoms with E-state index in [1.807, 2.05) is 78.9 Å². The van der Waals surface area contributed by atoms with Gasteiger partial charge in [-0.25, -0.2) is 4.98 Å². The summed E-state index contributed by atoms with van der Waals surface area (Å²) in [6.45, 7) is 1.78. The quantitative estimate of drug-likeness (QED) is 0.377. The highest BCUT2D eigenvalue weighted by molar-refractivity contribution is 6.22. The topological polar surface area (TPSA) is 71.1 Å². The lowest BCUT2D eigenvalue weighted by molar-refractivity contribution is -0.117. The Bertz CT molecular complexity index is 1510. The van der Waals surface area contributed by atoms with Crippen molar-refractivity contribution in [1.82, 2.24) is 10.3 Å². The van der Waals surface area contributed by atoms with Crippen molar-refractivity contribution in [1.29, 1.82) is 0 Å². The zero-order valence-electron chi connectivity index (χ0n) is 19.4. The lowest BCUT2D eigenvalue weighted by Gasteiger charge is -2.12. The summed E-state index contributed by atoms with van der Waals surface area (Å²) in [5, 5.41) is 5.76. The lowest BCUT2D eigenvalue weighted by atomic mass is 9.98. The minimum Gasteiger partial charge on any atom is -0.309 e. The molecule has 1 heterocycles. The number of carbonyl (C=O) groups excluding carboxylic acids is 2. The van der Waals surface area contributed by atoms with Crippen LogP contribution in [0.1, 0.15) is 34.1 Å². The van der Waals surface area contributed by atoms with Crippen LogP contribution >= 0.6 is 0 Å². The third-order valence-electron chi connectivity index (χ3n) is 6.11. The molecule has 1 amide bonds. The average Bonchev–Trinajstić information content (AvgIpc) is 3.19. The van der Waals surface area contributed by atoms with Gasteiger partial charge in [-0.2, -0.15) is 0 Å². The Balaban J connectivity index is 1.58. The van der Waals surface area contributed by atoms with Gasteiger partial charge in [-0.05, 0) is 66.9 Å². The van der Waals surface area contributed by atoms with Gasteiger partial charge in [0, 0.05) is 22.3 Å². The number of fused-ring (bicyclic) bond motifs is 3. The molecule has 0 bridgehead atoms. The summed E-state index contributed by atoms with van der Waals surface area (Å²) in [7, 11) is 1.73. The van der Waals surface area contributed by atoms with Crippen molar-refractivity contribution in [3.8, 4) is 34.1 Å². The van der Waals surface area contributed by atoms with Crippen LogP contribution in [0.4, 0.5) is 5.82 Å². The van der Waals surface area contributed by atoms with E-state index < -0.39 is 0 Å². The molecule has 1 unspecified atom stereocenters. The molecule has 5 heteroatoms. The highest BCUT2D eigenvalue weighted by Gasteiger charge is 2.26. The maximum Gasteiger partial charge on any atom is 0.242 e. The SMILES string of the molecule is CNC(C)C(=O)Nc1ccc(-c2ccc3c(c2)C(=O)c2ccccc2-3)c(C#Cc2ccccc2)n1. The number of anilines is 1. The standard InChI is InChI=1S/C30H23N3O2/c1-19(31-2)30(35)33-28-17-15-22(27(32-28)16-12-20-8-4-3-5-9-20)21-13-14-24-23-10-6-7-11-25(23)29(34)26(24)18-21/h3-11,13-15,17-19,31H,1-2H3,(H,32,33,35). The highest BCUT2D eigenvalue weighted by Crippen LogP contribution is 2.38. The summed E-state index contributed by atoms with van der Waals surface area (Å²) in [5.74, 6) is 6.58. The van der Waals surface area contributed by atoms with Crippen LogP contribution in [0, 0.1) is 11.8 Å². The molecule has 1 aliphatic carbocycles. The fourth-order valence-electron chi connectivity index (χ4n) is 4.07. The van der Waals surface area contributed by atoms with Gasteiger partial charge >= 0.3 is 0 Å². The molecule has 3 aromatic carbocycles. The molecule has 1 aliphatic rings. The van der Waals surface area contributed by atoms with E-state index in [-0.39, 0.29) is 17.7 Å². The van der Waals surface area contributed by atoms with Crippen molar-refractivity contribution >= 4 is 17.5 Å². The summed E-state index contributed by atoms with van der Waals surface area (Å²) < 4.78 is 0. The van der Waals surface area contributed by atoms with Crippen molar-refractivity contribution in [2.24, 2.45) is 0 Å². The molecule has 0 spiro atoms. The number of benzene rings is 3. The number of carbonyl (C=O) groups is 2. The molecular formula is C30H23N3O2. The van der Waals surface area contributed by atoms with Crippen molar-refractivity contribution in [2.75, 3.05) is 12.4 Å². The number of nitrogens with zero attached hydrogens (tertiary/aromatic N) is 1. The summed E-state index contributed by atoms with van der Waals surface area (Å²) in [6.07, 6.45) is 0. The zero-order valence-corrected chi connectivity index (χ0v) is 19.4. The van der Waals surface area contributed by atoms with Gasteiger partial charge in [-0.3, -0.25) is 9.59 Å². The molecule has 0 fully saturated rings. The molecule has 5 rings (SSSR count). The Morgan fingerprint density at radius 2 is 1.49 bits per heavy atom. The first-order chi connectivity index (χ1) is 17.0. The second-order valence-corrected chi connectivity index (χ2v) is 8.34. The molecule has 35 heavy (non-hydrogen) atoms. The molecule has 1 aromatic heterocycles. The van der Waals surface area contributed by atoms with Crippen LogP contribution in [-0.2, 0) is 4.79 Å². The van der Waals surface area contributed by atoms with E-state index in [9.17, 15) is 9.59 Å². The lowest BCUT2D eigenvalue weighted by Crippen LogP contribution is -2.35. The highest BCUT2D eigenvalue weighted by atomic mass is 16.2. The normalized spacial score (nSPS) is 12.2. The van der Waals surface area contributed by atoms with E-state index in [1.165, 1.54) is 0 Å². The van der Waals surface area contributed by atoms with Crippen molar-refractivity contribution in [3.63, 3.8) is 0 Å². The van der Waals surface area contributed by atoms with Gasteiger partial charge in [0.25, 0.3) is 0 Å². The van der Waals surface area contributed by atoms with E-state index in [1.54, 1.807) is 20.0 Å². The molecule has 4 aromatic rings. The molecular weight excluding hydrogens is 434 g/mol. The van der Waals surface area contributed by atoms with E-state index in [0.29, 0.717) is 17.1 Å². The predicted molar refractivity (Wildman–Crippen MR) is 138 cm³/mol. The van der Waals surface area contributed by atoms with Gasteiger partial charge in [0.1, 0.15) is 11.5 Å². The molecule has 2 N–H and O–H groups in total. The van der Waals surface area contributed by atoms with Gasteiger partial charge in [0.2, 0.25) is 5.91 Å². The number of amides is 1. The Kier molecular flexibility index (Phi) is 5.97. The second-order valence-electron chi connectivity index (χ2n) is 8.34. The summed E-state index contributed by atoms with van der Waals surface area (Å²) in [6, 6.07) is 26.5. The first-order valence-electron chi connectivity index (χ1n) is 11.4. The van der Waals surface area contributed by atoms with Crippen LogP contribution < -0.4 is 10.6 Å². The van der Waals surface area contributed by atoms with Crippen molar-refractivity contribution in [2.45, 2.75) is 13.0 Å². The van der Waals surface area contributed by atoms with Gasteiger partial charge in [0.15, 0.2) is 5.78 Å². The van der Waals surface area contributed by atoms with E-state index in [4.69, 9.17) is 0 Å². The summed E-state index contributed by atoms with van der Waals surface area (Å²) in [5.41, 5.74) is 6.30. The smallest absolute Gasteiger partial charge is 0.242 e. The Hall–Kier alpha value is -4.53. The van der Waals surface area contributed by atoms with Crippen molar-refractivity contribution in [3.05, 3.63) is 107 Å². The predicted octanol–water partition coefficient (Wildman–Crippen LogP) is 4.91. The average molecular weight is 458 g/mol. The Morgan fingerprint density at radius 1 is 0.800 bits per heavy atom. The van der Waals surface area contributed by atoms with Crippen LogP contribution in [0.3, 0.4) is 0 Å². The number of ketones is 1. The fourth-order valence-corrected chi connectivity index (χ4v) is 4.07. The second kappa shape index (κ2) is 9.38. The van der Waals surface area contributed by atoms with Crippen LogP contribution in [0.15, 0.2) is 84.9 Å². The molecule has 5 nitrogen and oxygen atoms in total. The molecule has 0 radical (unpaired) electrons. The van der Waals surface area contributed by atoms with Crippen LogP contribution in [0.2, 0.25) is 0 Å². The minimum absolute atomic E-state index is 0.0206.